The summed E-state index contributed by atoms with van der Waals surface area (Å²) in [5.41, 5.74) is 6.81. The number of piperidine rings is 1. The molecule has 1 fully saturated rings. The van der Waals surface area contributed by atoms with Gasteiger partial charge in [-0.1, -0.05) is 15.9 Å². The maximum atomic E-state index is 12.9. The Morgan fingerprint density at radius 1 is 1.41 bits per heavy atom. The zero-order valence-corrected chi connectivity index (χ0v) is 13.9. The fourth-order valence-corrected chi connectivity index (χ4v) is 3.43. The first-order chi connectivity index (χ1) is 10.5. The third kappa shape index (κ3) is 2.80. The molecule has 3 rings (SSSR count). The van der Waals surface area contributed by atoms with Gasteiger partial charge in [-0.2, -0.15) is 0 Å². The molecule has 1 aliphatic heterocycles. The van der Waals surface area contributed by atoms with Crippen LogP contribution in [-0.4, -0.2) is 34.4 Å². The first-order valence-electron chi connectivity index (χ1n) is 7.35. The molecular weight excluding hydrogens is 346 g/mol. The van der Waals surface area contributed by atoms with E-state index in [-0.39, 0.29) is 23.6 Å². The van der Waals surface area contributed by atoms with E-state index in [2.05, 4.69) is 20.9 Å². The molecule has 0 spiro atoms. The number of nitrogens with one attached hydrogen (secondary N) is 1. The molecule has 1 aliphatic rings. The molecule has 1 aromatic heterocycles. The molecule has 1 saturated heterocycles. The first kappa shape index (κ1) is 15.2. The van der Waals surface area contributed by atoms with Crippen molar-refractivity contribution in [1.82, 2.24) is 9.88 Å². The molecule has 0 radical (unpaired) electrons. The van der Waals surface area contributed by atoms with Gasteiger partial charge in [0, 0.05) is 40.1 Å². The maximum absolute atomic E-state index is 12.9. The highest BCUT2D eigenvalue weighted by Gasteiger charge is 2.28. The lowest BCUT2D eigenvalue weighted by molar-refractivity contribution is 0.0621. The molecule has 1 aromatic carbocycles. The van der Waals surface area contributed by atoms with Crippen molar-refractivity contribution in [2.75, 3.05) is 6.54 Å². The largest absolute Gasteiger partial charge is 0.336 e. The Morgan fingerprint density at radius 3 is 2.91 bits per heavy atom. The molecule has 0 saturated carbocycles. The van der Waals surface area contributed by atoms with E-state index in [1.165, 1.54) is 6.07 Å². The van der Waals surface area contributed by atoms with E-state index < -0.39 is 0 Å². The van der Waals surface area contributed by atoms with Gasteiger partial charge in [0.1, 0.15) is 0 Å². The molecule has 6 heteroatoms. The molecule has 1 amide bonds. The molecule has 2 atom stereocenters. The molecule has 116 valence electrons. The first-order valence-corrected chi connectivity index (χ1v) is 8.14. The molecule has 2 aromatic rings. The summed E-state index contributed by atoms with van der Waals surface area (Å²) in [5, 5.41) is 0.751. The predicted octanol–water partition coefficient (Wildman–Crippen LogP) is 2.24. The summed E-state index contributed by atoms with van der Waals surface area (Å²) in [6.07, 6.45) is 1.58. The van der Waals surface area contributed by atoms with Crippen LogP contribution in [-0.2, 0) is 0 Å². The number of fused-ring (bicyclic) bond motifs is 1. The predicted molar refractivity (Wildman–Crippen MR) is 90.0 cm³/mol. The lowest BCUT2D eigenvalue weighted by Gasteiger charge is -2.36. The Labute approximate surface area is 136 Å². The van der Waals surface area contributed by atoms with E-state index in [1.54, 1.807) is 6.07 Å². The third-order valence-corrected chi connectivity index (χ3v) is 4.71. The van der Waals surface area contributed by atoms with Crippen LogP contribution in [0.2, 0.25) is 0 Å². The van der Waals surface area contributed by atoms with Crippen molar-refractivity contribution in [3.8, 4) is 0 Å². The van der Waals surface area contributed by atoms with E-state index in [4.69, 9.17) is 5.73 Å². The van der Waals surface area contributed by atoms with Crippen LogP contribution in [0.25, 0.3) is 10.9 Å². The number of likely N-dealkylation sites (tertiary alicyclic amines) is 1. The Bertz CT molecular complexity index is 787. The van der Waals surface area contributed by atoms with Crippen LogP contribution >= 0.6 is 15.9 Å². The van der Waals surface area contributed by atoms with Crippen LogP contribution in [0.4, 0.5) is 0 Å². The van der Waals surface area contributed by atoms with Crippen molar-refractivity contribution in [1.29, 1.82) is 0 Å². The van der Waals surface area contributed by atoms with Crippen molar-refractivity contribution in [2.45, 2.75) is 31.8 Å². The Hall–Kier alpha value is -1.66. The minimum Gasteiger partial charge on any atom is -0.336 e. The van der Waals surface area contributed by atoms with Crippen LogP contribution in [0.3, 0.4) is 0 Å². The monoisotopic (exact) mass is 363 g/mol. The average molecular weight is 364 g/mol. The van der Waals surface area contributed by atoms with Crippen molar-refractivity contribution < 1.29 is 4.79 Å². The summed E-state index contributed by atoms with van der Waals surface area (Å²) < 4.78 is 0.870. The maximum Gasteiger partial charge on any atom is 0.254 e. The second-order valence-corrected chi connectivity index (χ2v) is 6.78. The highest BCUT2D eigenvalue weighted by Crippen LogP contribution is 2.24. The van der Waals surface area contributed by atoms with E-state index in [0.29, 0.717) is 17.6 Å². The number of hydrogen-bond donors (Lipinski definition) is 2. The number of amides is 1. The van der Waals surface area contributed by atoms with Gasteiger partial charge < -0.3 is 15.6 Å². The average Bonchev–Trinajstić information content (AvgIpc) is 2.46. The minimum atomic E-state index is -0.264. The van der Waals surface area contributed by atoms with Gasteiger partial charge in [-0.05, 0) is 38.0 Å². The fourth-order valence-electron chi connectivity index (χ4n) is 3.07. The van der Waals surface area contributed by atoms with Gasteiger partial charge in [0.15, 0.2) is 0 Å². The summed E-state index contributed by atoms with van der Waals surface area (Å²) >= 11 is 3.42. The van der Waals surface area contributed by atoms with Crippen LogP contribution in [0.5, 0.6) is 0 Å². The van der Waals surface area contributed by atoms with Gasteiger partial charge in [-0.3, -0.25) is 9.59 Å². The number of benzene rings is 1. The number of carbonyl (C=O) groups is 1. The number of carbonyl (C=O) groups excluding carboxylic acids is 1. The second-order valence-electron chi connectivity index (χ2n) is 5.87. The number of pyridine rings is 1. The van der Waals surface area contributed by atoms with E-state index >= 15 is 0 Å². The molecule has 0 bridgehead atoms. The minimum absolute atomic E-state index is 0.0812. The lowest BCUT2D eigenvalue weighted by atomic mass is 9.97. The quantitative estimate of drug-likeness (QED) is 0.815. The zero-order chi connectivity index (χ0) is 15.9. The molecule has 22 heavy (non-hydrogen) atoms. The number of halogens is 1. The SMILES string of the molecule is CC1CC(N)CCN1C(=O)c1cc(=O)[nH]c2ccc(Br)cc12. The van der Waals surface area contributed by atoms with E-state index in [0.717, 1.165) is 22.7 Å². The Morgan fingerprint density at radius 2 is 2.18 bits per heavy atom. The molecule has 3 N–H and O–H groups in total. The lowest BCUT2D eigenvalue weighted by Crippen LogP contribution is -2.48. The third-order valence-electron chi connectivity index (χ3n) is 4.21. The summed E-state index contributed by atoms with van der Waals surface area (Å²) in [7, 11) is 0. The van der Waals surface area contributed by atoms with Crippen molar-refractivity contribution in [3.63, 3.8) is 0 Å². The summed E-state index contributed by atoms with van der Waals surface area (Å²) in [4.78, 5) is 29.3. The van der Waals surface area contributed by atoms with Crippen molar-refractivity contribution in [3.05, 3.63) is 44.7 Å². The van der Waals surface area contributed by atoms with Crippen molar-refractivity contribution >= 4 is 32.7 Å². The summed E-state index contributed by atoms with van der Waals surface area (Å²) in [5.74, 6) is -0.103. The van der Waals surface area contributed by atoms with Gasteiger partial charge in [-0.25, -0.2) is 0 Å². The number of H-pyrrole nitrogens is 1. The highest BCUT2D eigenvalue weighted by atomic mass is 79.9. The molecule has 0 aliphatic carbocycles. The fraction of sp³-hybridized carbons (Fsp3) is 0.375. The van der Waals surface area contributed by atoms with Crippen LogP contribution in [0.1, 0.15) is 30.1 Å². The Balaban J connectivity index is 2.07. The number of hydrogen-bond acceptors (Lipinski definition) is 3. The number of nitrogens with zero attached hydrogens (tertiary/aromatic N) is 1. The van der Waals surface area contributed by atoms with Crippen LogP contribution < -0.4 is 11.3 Å². The standard InChI is InChI=1S/C16H18BrN3O2/c1-9-6-11(18)4-5-20(9)16(22)13-8-15(21)19-14-3-2-10(17)7-12(13)14/h2-3,7-9,11H,4-6,18H2,1H3,(H,19,21). The number of aromatic nitrogens is 1. The van der Waals surface area contributed by atoms with E-state index in [1.807, 2.05) is 24.0 Å². The van der Waals surface area contributed by atoms with E-state index in [9.17, 15) is 9.59 Å². The van der Waals surface area contributed by atoms with Crippen molar-refractivity contribution in [2.24, 2.45) is 5.73 Å². The van der Waals surface area contributed by atoms with Gasteiger partial charge in [0.2, 0.25) is 5.56 Å². The number of aromatic amines is 1. The topological polar surface area (TPSA) is 79.2 Å². The molecule has 5 nitrogen and oxygen atoms in total. The van der Waals surface area contributed by atoms with Gasteiger partial charge in [-0.15, -0.1) is 0 Å². The smallest absolute Gasteiger partial charge is 0.254 e. The van der Waals surface area contributed by atoms with Gasteiger partial charge in [0.05, 0.1) is 5.56 Å². The number of rotatable bonds is 1. The normalized spacial score (nSPS) is 22.0. The highest BCUT2D eigenvalue weighted by molar-refractivity contribution is 9.10. The molecule has 2 unspecified atom stereocenters. The summed E-state index contributed by atoms with van der Waals surface area (Å²) in [6, 6.07) is 7.11. The molecule has 2 heterocycles. The molecular formula is C16H18BrN3O2. The van der Waals surface area contributed by atoms with Crippen LogP contribution in [0, 0.1) is 0 Å². The summed E-state index contributed by atoms with van der Waals surface area (Å²) in [6.45, 7) is 2.63. The zero-order valence-electron chi connectivity index (χ0n) is 12.3. The van der Waals surface area contributed by atoms with Crippen LogP contribution in [0.15, 0.2) is 33.5 Å². The second kappa shape index (κ2) is 5.85. The number of nitrogens with two attached hydrogens (primary N) is 1. The Kier molecular flexibility index (Phi) is 4.06. The van der Waals surface area contributed by atoms with Gasteiger partial charge in [0.25, 0.3) is 5.91 Å². The van der Waals surface area contributed by atoms with Gasteiger partial charge >= 0.3 is 0 Å².